The summed E-state index contributed by atoms with van der Waals surface area (Å²) in [7, 11) is 0. The summed E-state index contributed by atoms with van der Waals surface area (Å²) in [6, 6.07) is 0. The quantitative estimate of drug-likeness (QED) is 0.538. The van der Waals surface area contributed by atoms with Gasteiger partial charge in [0.05, 0.1) is 0 Å². The van der Waals surface area contributed by atoms with Gasteiger partial charge in [0, 0.05) is 0 Å². The lowest BCUT2D eigenvalue weighted by molar-refractivity contribution is 0.441. The summed E-state index contributed by atoms with van der Waals surface area (Å²) >= 11 is 0. The molecule has 1 aliphatic carbocycles. The van der Waals surface area contributed by atoms with Gasteiger partial charge in [-0.15, -0.1) is 0 Å². The van der Waals surface area contributed by atoms with Gasteiger partial charge in [-0.05, 0) is 37.0 Å². The third kappa shape index (κ3) is 1.66. The first kappa shape index (κ1) is 8.83. The zero-order chi connectivity index (χ0) is 8.48. The molecular weight excluding hydrogens is 132 g/mol. The van der Waals surface area contributed by atoms with Crippen LogP contribution in [0.1, 0.15) is 46.5 Å². The Kier molecular flexibility index (Phi) is 2.41. The molecule has 0 nitrogen and oxygen atoms in total. The lowest BCUT2D eigenvalue weighted by Crippen LogP contribution is -2.02. The minimum Gasteiger partial charge on any atom is -0.0999 e. The van der Waals surface area contributed by atoms with E-state index in [4.69, 9.17) is 0 Å². The summed E-state index contributed by atoms with van der Waals surface area (Å²) in [6.07, 6.45) is 5.21. The average Bonchev–Trinajstić information content (AvgIpc) is 2.62. The highest BCUT2D eigenvalue weighted by Crippen LogP contribution is 2.58. The molecule has 0 saturated heterocycles. The van der Waals surface area contributed by atoms with Crippen LogP contribution in [0.2, 0.25) is 0 Å². The van der Waals surface area contributed by atoms with Crippen LogP contribution in [0.3, 0.4) is 0 Å². The topological polar surface area (TPSA) is 0 Å². The van der Waals surface area contributed by atoms with Crippen molar-refractivity contribution in [1.29, 1.82) is 0 Å². The van der Waals surface area contributed by atoms with Crippen LogP contribution in [0.15, 0.2) is 12.2 Å². The molecule has 64 valence electrons. The van der Waals surface area contributed by atoms with Crippen LogP contribution in [0, 0.1) is 11.3 Å². The van der Waals surface area contributed by atoms with Crippen LogP contribution < -0.4 is 0 Å². The van der Waals surface area contributed by atoms with Crippen molar-refractivity contribution in [2.24, 2.45) is 11.3 Å². The summed E-state index contributed by atoms with van der Waals surface area (Å²) in [5.41, 5.74) is 2.11. The average molecular weight is 152 g/mol. The molecule has 0 bridgehead atoms. The second kappa shape index (κ2) is 3.00. The minimum atomic E-state index is 0.674. The van der Waals surface area contributed by atoms with Gasteiger partial charge in [0.2, 0.25) is 0 Å². The molecule has 0 aromatic rings. The smallest absolute Gasteiger partial charge is 0.0234 e. The van der Waals surface area contributed by atoms with E-state index in [0.717, 1.165) is 12.3 Å². The van der Waals surface area contributed by atoms with Gasteiger partial charge in [0.15, 0.2) is 0 Å². The predicted octanol–water partition coefficient (Wildman–Crippen LogP) is 3.78. The van der Waals surface area contributed by atoms with Crippen molar-refractivity contribution < 1.29 is 0 Å². The summed E-state index contributed by atoms with van der Waals surface area (Å²) < 4.78 is 0. The van der Waals surface area contributed by atoms with Crippen molar-refractivity contribution in [1.82, 2.24) is 0 Å². The molecule has 1 aliphatic rings. The number of rotatable bonds is 4. The molecule has 0 N–H and O–H groups in total. The standard InChI is InChI=1S/C11H20/c1-5-9(3)7-11(6-2)8-10(11)4/h10H,3,5-8H2,1-2,4H3. The van der Waals surface area contributed by atoms with Gasteiger partial charge in [0.1, 0.15) is 0 Å². The second-order valence-electron chi connectivity index (χ2n) is 4.10. The van der Waals surface area contributed by atoms with E-state index >= 15 is 0 Å². The van der Waals surface area contributed by atoms with Crippen LogP contribution in [0.5, 0.6) is 0 Å². The predicted molar refractivity (Wildman–Crippen MR) is 50.6 cm³/mol. The SMILES string of the molecule is C=C(CC)CC1(CC)CC1C. The van der Waals surface area contributed by atoms with Crippen molar-refractivity contribution in [3.05, 3.63) is 12.2 Å². The molecule has 0 aromatic carbocycles. The zero-order valence-electron chi connectivity index (χ0n) is 8.11. The first-order chi connectivity index (χ1) is 5.14. The van der Waals surface area contributed by atoms with Crippen molar-refractivity contribution in [2.75, 3.05) is 0 Å². The Morgan fingerprint density at radius 1 is 1.55 bits per heavy atom. The maximum absolute atomic E-state index is 4.08. The molecule has 0 heterocycles. The van der Waals surface area contributed by atoms with E-state index in [-0.39, 0.29) is 0 Å². The molecule has 2 atom stereocenters. The molecule has 0 amide bonds. The molecule has 0 radical (unpaired) electrons. The fourth-order valence-corrected chi connectivity index (χ4v) is 2.04. The third-order valence-corrected chi connectivity index (χ3v) is 3.40. The maximum Gasteiger partial charge on any atom is -0.0234 e. The van der Waals surface area contributed by atoms with Gasteiger partial charge in [-0.1, -0.05) is 32.9 Å². The lowest BCUT2D eigenvalue weighted by Gasteiger charge is -2.14. The third-order valence-electron chi connectivity index (χ3n) is 3.40. The van der Waals surface area contributed by atoms with E-state index in [0.29, 0.717) is 5.41 Å². The Hall–Kier alpha value is -0.260. The molecule has 0 heteroatoms. The molecule has 11 heavy (non-hydrogen) atoms. The van der Waals surface area contributed by atoms with Gasteiger partial charge in [0.25, 0.3) is 0 Å². The van der Waals surface area contributed by atoms with Crippen LogP contribution in [-0.4, -0.2) is 0 Å². The maximum atomic E-state index is 4.08. The zero-order valence-corrected chi connectivity index (χ0v) is 8.11. The molecule has 1 saturated carbocycles. The van der Waals surface area contributed by atoms with E-state index in [2.05, 4.69) is 27.4 Å². The monoisotopic (exact) mass is 152 g/mol. The first-order valence-electron chi connectivity index (χ1n) is 4.81. The van der Waals surface area contributed by atoms with Crippen molar-refractivity contribution >= 4 is 0 Å². The molecule has 0 spiro atoms. The van der Waals surface area contributed by atoms with Crippen LogP contribution in [0.4, 0.5) is 0 Å². The van der Waals surface area contributed by atoms with Crippen LogP contribution >= 0.6 is 0 Å². The fraction of sp³-hybridized carbons (Fsp3) is 0.818. The van der Waals surface area contributed by atoms with E-state index in [1.165, 1.54) is 24.8 Å². The van der Waals surface area contributed by atoms with Crippen LogP contribution in [-0.2, 0) is 0 Å². The van der Waals surface area contributed by atoms with Crippen molar-refractivity contribution in [3.63, 3.8) is 0 Å². The van der Waals surface area contributed by atoms with E-state index in [9.17, 15) is 0 Å². The summed E-state index contributed by atoms with van der Waals surface area (Å²) in [5.74, 6) is 0.954. The Labute approximate surface area is 70.7 Å². The molecule has 2 unspecified atom stereocenters. The largest absolute Gasteiger partial charge is 0.0999 e. The highest BCUT2D eigenvalue weighted by Gasteiger charge is 2.48. The number of hydrogen-bond acceptors (Lipinski definition) is 0. The van der Waals surface area contributed by atoms with E-state index < -0.39 is 0 Å². The minimum absolute atomic E-state index is 0.674. The highest BCUT2D eigenvalue weighted by molar-refractivity contribution is 5.08. The molecule has 0 aromatic heterocycles. The molecular formula is C11H20. The Morgan fingerprint density at radius 3 is 2.36 bits per heavy atom. The van der Waals surface area contributed by atoms with E-state index in [1.807, 2.05) is 0 Å². The van der Waals surface area contributed by atoms with Gasteiger partial charge in [-0.2, -0.15) is 0 Å². The summed E-state index contributed by atoms with van der Waals surface area (Å²) in [4.78, 5) is 0. The Bertz CT molecular complexity index is 153. The fourth-order valence-electron chi connectivity index (χ4n) is 2.04. The molecule has 1 rings (SSSR count). The van der Waals surface area contributed by atoms with Gasteiger partial charge >= 0.3 is 0 Å². The Morgan fingerprint density at radius 2 is 2.09 bits per heavy atom. The Balaban J connectivity index is 2.41. The molecule has 0 aliphatic heterocycles. The normalized spacial score (nSPS) is 35.4. The first-order valence-corrected chi connectivity index (χ1v) is 4.81. The van der Waals surface area contributed by atoms with Gasteiger partial charge in [-0.25, -0.2) is 0 Å². The number of allylic oxidation sites excluding steroid dienone is 1. The second-order valence-corrected chi connectivity index (χ2v) is 4.10. The van der Waals surface area contributed by atoms with Crippen molar-refractivity contribution in [2.45, 2.75) is 46.5 Å². The highest BCUT2D eigenvalue weighted by atomic mass is 14.5. The van der Waals surface area contributed by atoms with Crippen molar-refractivity contribution in [3.8, 4) is 0 Å². The van der Waals surface area contributed by atoms with Crippen LogP contribution in [0.25, 0.3) is 0 Å². The molecule has 1 fully saturated rings. The summed E-state index contributed by atoms with van der Waals surface area (Å²) in [6.45, 7) is 11.0. The lowest BCUT2D eigenvalue weighted by atomic mass is 9.91. The van der Waals surface area contributed by atoms with E-state index in [1.54, 1.807) is 0 Å². The summed E-state index contributed by atoms with van der Waals surface area (Å²) in [5, 5.41) is 0. The van der Waals surface area contributed by atoms with Gasteiger partial charge < -0.3 is 0 Å². The number of hydrogen-bond donors (Lipinski definition) is 0. The van der Waals surface area contributed by atoms with Gasteiger partial charge in [-0.3, -0.25) is 0 Å².